The number of nitrogens with one attached hydrogen (secondary N) is 2. The van der Waals surface area contributed by atoms with Crippen LogP contribution in [-0.2, 0) is 13.1 Å². The number of aryl methyl sites for hydroxylation is 2. The lowest BCUT2D eigenvalue weighted by molar-refractivity contribution is 0.198. The summed E-state index contributed by atoms with van der Waals surface area (Å²) in [6.45, 7) is 7.50. The number of rotatable bonds is 6. The second-order valence-corrected chi connectivity index (χ2v) is 8.62. The van der Waals surface area contributed by atoms with E-state index in [9.17, 15) is 4.39 Å². The number of guanidine groups is 1. The third kappa shape index (κ3) is 6.78. The van der Waals surface area contributed by atoms with Crippen LogP contribution in [0.2, 0.25) is 0 Å². The number of benzene rings is 1. The van der Waals surface area contributed by atoms with Crippen molar-refractivity contribution in [1.82, 2.24) is 20.5 Å². The number of piperidine rings is 1. The van der Waals surface area contributed by atoms with Crippen molar-refractivity contribution >= 4 is 41.3 Å². The van der Waals surface area contributed by atoms with E-state index in [1.807, 2.05) is 19.9 Å². The number of ether oxygens (including phenoxy) is 1. The van der Waals surface area contributed by atoms with Gasteiger partial charge in [0.05, 0.1) is 24.4 Å². The van der Waals surface area contributed by atoms with Gasteiger partial charge >= 0.3 is 0 Å². The van der Waals surface area contributed by atoms with Crippen LogP contribution in [0.25, 0.3) is 0 Å². The van der Waals surface area contributed by atoms with Crippen LogP contribution in [0.4, 0.5) is 4.39 Å². The molecule has 0 unspecified atom stereocenters. The summed E-state index contributed by atoms with van der Waals surface area (Å²) in [5.41, 5.74) is 2.06. The summed E-state index contributed by atoms with van der Waals surface area (Å²) < 4.78 is 18.9. The minimum atomic E-state index is -0.303. The molecule has 0 saturated carbocycles. The monoisotopic (exact) mass is 547 g/mol. The molecule has 0 atom stereocenters. The molecular weight excluding hydrogens is 516 g/mol. The molecule has 0 radical (unpaired) electrons. The van der Waals surface area contributed by atoms with Crippen molar-refractivity contribution in [2.45, 2.75) is 45.8 Å². The minimum absolute atomic E-state index is 0. The van der Waals surface area contributed by atoms with E-state index in [0.29, 0.717) is 11.8 Å². The molecule has 3 rings (SSSR count). The van der Waals surface area contributed by atoms with Crippen LogP contribution in [0.15, 0.2) is 23.2 Å². The normalized spacial score (nSPS) is 15.6. The first-order valence-corrected chi connectivity index (χ1v) is 10.7. The smallest absolute Gasteiger partial charge is 0.191 e. The fourth-order valence-corrected chi connectivity index (χ4v) is 4.47. The summed E-state index contributed by atoms with van der Waals surface area (Å²) in [6, 6.07) is 5.58. The van der Waals surface area contributed by atoms with Crippen LogP contribution >= 0.6 is 35.3 Å². The third-order valence-electron chi connectivity index (χ3n) is 5.19. The topological polar surface area (TPSA) is 61.8 Å². The molecule has 1 aromatic heterocycles. The molecule has 0 spiro atoms. The van der Waals surface area contributed by atoms with Crippen molar-refractivity contribution in [3.8, 4) is 5.75 Å². The van der Waals surface area contributed by atoms with E-state index in [1.165, 1.54) is 12.0 Å². The molecule has 9 heteroatoms. The van der Waals surface area contributed by atoms with Crippen LogP contribution in [0, 0.1) is 19.7 Å². The highest BCUT2D eigenvalue weighted by Crippen LogP contribution is 2.20. The Morgan fingerprint density at radius 3 is 2.63 bits per heavy atom. The Morgan fingerprint density at radius 2 is 2.07 bits per heavy atom. The van der Waals surface area contributed by atoms with Gasteiger partial charge in [-0.15, -0.1) is 35.3 Å². The first kappa shape index (κ1) is 24.8. The lowest BCUT2D eigenvalue weighted by atomic mass is 10.0. The molecule has 0 amide bonds. The molecule has 1 aliphatic rings. The van der Waals surface area contributed by atoms with Gasteiger partial charge in [-0.25, -0.2) is 9.37 Å². The fraction of sp³-hybridized carbons (Fsp3) is 0.524. The number of hydrogen-bond acceptors (Lipinski definition) is 5. The predicted octanol–water partition coefficient (Wildman–Crippen LogP) is 3.86. The molecule has 2 heterocycles. The van der Waals surface area contributed by atoms with Crippen molar-refractivity contribution in [2.24, 2.45) is 4.99 Å². The van der Waals surface area contributed by atoms with Gasteiger partial charge in [-0.05, 0) is 44.4 Å². The van der Waals surface area contributed by atoms with Crippen LogP contribution in [0.5, 0.6) is 5.75 Å². The van der Waals surface area contributed by atoms with Gasteiger partial charge in [0.15, 0.2) is 17.5 Å². The molecule has 6 nitrogen and oxygen atoms in total. The maximum atomic E-state index is 13.9. The van der Waals surface area contributed by atoms with Crippen LogP contribution in [0.1, 0.15) is 34.0 Å². The molecule has 2 aromatic rings. The van der Waals surface area contributed by atoms with Gasteiger partial charge in [0, 0.05) is 37.6 Å². The number of likely N-dealkylation sites (tertiary alicyclic amines) is 1. The van der Waals surface area contributed by atoms with E-state index >= 15 is 0 Å². The maximum Gasteiger partial charge on any atom is 0.191 e. The Morgan fingerprint density at radius 1 is 1.33 bits per heavy atom. The highest BCUT2D eigenvalue weighted by atomic mass is 127. The van der Waals surface area contributed by atoms with Gasteiger partial charge in [0.1, 0.15) is 0 Å². The quantitative estimate of drug-likeness (QED) is 0.327. The number of methoxy groups -OCH3 is 1. The van der Waals surface area contributed by atoms with Gasteiger partial charge in [0.25, 0.3) is 0 Å². The summed E-state index contributed by atoms with van der Waals surface area (Å²) in [5.74, 6) is 0.813. The zero-order valence-electron chi connectivity index (χ0n) is 18.0. The summed E-state index contributed by atoms with van der Waals surface area (Å²) in [7, 11) is 3.28. The zero-order chi connectivity index (χ0) is 20.8. The van der Waals surface area contributed by atoms with Gasteiger partial charge in [-0.3, -0.25) is 9.89 Å². The van der Waals surface area contributed by atoms with Crippen LogP contribution < -0.4 is 15.4 Å². The number of aliphatic imine (C=N–C) groups is 1. The lowest BCUT2D eigenvalue weighted by Crippen LogP contribution is -2.48. The van der Waals surface area contributed by atoms with Gasteiger partial charge in [-0.2, -0.15) is 0 Å². The number of aromatic nitrogens is 1. The number of nitrogens with zero attached hydrogens (tertiary/aromatic N) is 3. The van der Waals surface area contributed by atoms with E-state index in [1.54, 1.807) is 30.5 Å². The molecule has 1 aliphatic heterocycles. The Balaban J connectivity index is 0.00000320. The van der Waals surface area contributed by atoms with E-state index in [4.69, 9.17) is 4.74 Å². The van der Waals surface area contributed by atoms with Crippen molar-refractivity contribution in [2.75, 3.05) is 27.2 Å². The first-order valence-electron chi connectivity index (χ1n) is 9.93. The summed E-state index contributed by atoms with van der Waals surface area (Å²) in [6.07, 6.45) is 2.05. The van der Waals surface area contributed by atoms with Crippen molar-refractivity contribution in [3.05, 3.63) is 45.2 Å². The van der Waals surface area contributed by atoms with Crippen molar-refractivity contribution in [1.29, 1.82) is 0 Å². The Labute approximate surface area is 199 Å². The molecule has 30 heavy (non-hydrogen) atoms. The number of thiazole rings is 1. The Kier molecular flexibility index (Phi) is 9.76. The first-order chi connectivity index (χ1) is 14.0. The Bertz CT molecular complexity index is 852. The third-order valence-corrected chi connectivity index (χ3v) is 6.26. The van der Waals surface area contributed by atoms with Gasteiger partial charge < -0.3 is 15.4 Å². The van der Waals surface area contributed by atoms with Crippen molar-refractivity contribution in [3.63, 3.8) is 0 Å². The highest BCUT2D eigenvalue weighted by molar-refractivity contribution is 14.0. The summed E-state index contributed by atoms with van der Waals surface area (Å²) >= 11 is 1.72. The molecule has 1 saturated heterocycles. The fourth-order valence-electron chi connectivity index (χ4n) is 3.59. The number of hydrogen-bond donors (Lipinski definition) is 2. The molecule has 0 aliphatic carbocycles. The Hall–Kier alpha value is -1.46. The zero-order valence-corrected chi connectivity index (χ0v) is 21.1. The summed E-state index contributed by atoms with van der Waals surface area (Å²) in [5, 5.41) is 8.02. The summed E-state index contributed by atoms with van der Waals surface area (Å²) in [4.78, 5) is 12.4. The average Bonchev–Trinajstić information content (AvgIpc) is 3.03. The molecule has 1 fully saturated rings. The second kappa shape index (κ2) is 11.8. The maximum absolute atomic E-state index is 13.9. The molecule has 1 aromatic carbocycles. The predicted molar refractivity (Wildman–Crippen MR) is 132 cm³/mol. The molecule has 2 N–H and O–H groups in total. The SMILES string of the molecule is CN=C(NCc1sc(C)nc1C)NC1CCN(Cc2ccc(OC)c(F)c2)CC1.I. The van der Waals surface area contributed by atoms with Crippen molar-refractivity contribution < 1.29 is 9.13 Å². The van der Waals surface area contributed by atoms with E-state index < -0.39 is 0 Å². The largest absolute Gasteiger partial charge is 0.494 e. The molecular formula is C21H31FIN5OS. The average molecular weight is 547 g/mol. The van der Waals surface area contributed by atoms with E-state index in [2.05, 4.69) is 25.5 Å². The standard InChI is InChI=1S/C21H30FN5OS.HI/c1-14-20(29-15(2)25-14)12-24-21(23-3)26-17-7-9-27(10-8-17)13-16-5-6-19(28-4)18(22)11-16;/h5-6,11,17H,7-10,12-13H2,1-4H3,(H2,23,24,26);1H. The molecule has 166 valence electrons. The second-order valence-electron chi connectivity index (χ2n) is 7.33. The van der Waals surface area contributed by atoms with Gasteiger partial charge in [-0.1, -0.05) is 6.07 Å². The number of halogens is 2. The van der Waals surface area contributed by atoms with E-state index in [0.717, 1.165) is 61.2 Å². The van der Waals surface area contributed by atoms with Gasteiger partial charge in [0.2, 0.25) is 0 Å². The molecule has 0 bridgehead atoms. The minimum Gasteiger partial charge on any atom is -0.494 e. The van der Waals surface area contributed by atoms with Crippen LogP contribution in [-0.4, -0.2) is 49.1 Å². The highest BCUT2D eigenvalue weighted by Gasteiger charge is 2.20. The van der Waals surface area contributed by atoms with E-state index in [-0.39, 0.29) is 29.8 Å². The lowest BCUT2D eigenvalue weighted by Gasteiger charge is -2.33. The van der Waals surface area contributed by atoms with Crippen LogP contribution in [0.3, 0.4) is 0 Å².